The fourth-order valence-electron chi connectivity index (χ4n) is 1.82. The monoisotopic (exact) mass is 244 g/mol. The first-order chi connectivity index (χ1) is 8.78. The Morgan fingerprint density at radius 2 is 2.06 bits per heavy atom. The van der Waals surface area contributed by atoms with Gasteiger partial charge in [-0.3, -0.25) is 4.79 Å². The van der Waals surface area contributed by atoms with Gasteiger partial charge in [-0.1, -0.05) is 13.3 Å². The van der Waals surface area contributed by atoms with Gasteiger partial charge in [-0.15, -0.1) is 0 Å². The molecule has 0 amide bonds. The van der Waals surface area contributed by atoms with Crippen LogP contribution in [0.4, 0.5) is 0 Å². The highest BCUT2D eigenvalue weighted by Gasteiger charge is 2.08. The second-order valence-electron chi connectivity index (χ2n) is 4.04. The van der Waals surface area contributed by atoms with Gasteiger partial charge >= 0.3 is 0 Å². The van der Waals surface area contributed by atoms with E-state index < -0.39 is 0 Å². The summed E-state index contributed by atoms with van der Waals surface area (Å²) < 4.78 is 6.84. The van der Waals surface area contributed by atoms with Gasteiger partial charge in [0.15, 0.2) is 6.29 Å². The molecule has 0 atom stereocenters. The molecule has 0 aliphatic carbocycles. The minimum atomic E-state index is 0.660. The predicted molar refractivity (Wildman–Crippen MR) is 69.5 cm³/mol. The van der Waals surface area contributed by atoms with E-state index in [0.717, 1.165) is 36.3 Å². The third kappa shape index (κ3) is 2.42. The van der Waals surface area contributed by atoms with Crippen LogP contribution < -0.4 is 4.74 Å². The lowest BCUT2D eigenvalue weighted by Gasteiger charge is -2.03. The number of aryl methyl sites for hydroxylation is 1. The molecule has 0 unspecified atom stereocenters. The highest BCUT2D eigenvalue weighted by atomic mass is 16.5. The molecule has 0 aliphatic rings. The molecule has 0 saturated carbocycles. The lowest BCUT2D eigenvalue weighted by atomic mass is 10.2. The van der Waals surface area contributed by atoms with Crippen LogP contribution in [0.25, 0.3) is 5.69 Å². The molecule has 2 rings (SSSR count). The van der Waals surface area contributed by atoms with Crippen molar-refractivity contribution in [3.05, 3.63) is 41.7 Å². The van der Waals surface area contributed by atoms with E-state index in [4.69, 9.17) is 4.74 Å². The molecule has 1 heterocycles. The summed E-state index contributed by atoms with van der Waals surface area (Å²) in [4.78, 5) is 11.0. The number of carbonyl (C=O) groups is 1. The van der Waals surface area contributed by atoms with Crippen molar-refractivity contribution < 1.29 is 9.53 Å². The number of rotatable bonds is 5. The van der Waals surface area contributed by atoms with E-state index in [1.807, 2.05) is 24.3 Å². The maximum atomic E-state index is 11.0. The Kier molecular flexibility index (Phi) is 3.77. The Hall–Kier alpha value is -2.10. The van der Waals surface area contributed by atoms with Crippen LogP contribution in [0.2, 0.25) is 0 Å². The van der Waals surface area contributed by atoms with Crippen molar-refractivity contribution in [1.82, 2.24) is 9.78 Å². The quantitative estimate of drug-likeness (QED) is 0.759. The summed E-state index contributed by atoms with van der Waals surface area (Å²) >= 11 is 0. The van der Waals surface area contributed by atoms with Crippen LogP contribution in [0.1, 0.15) is 29.4 Å². The molecule has 18 heavy (non-hydrogen) atoms. The molecule has 4 nitrogen and oxygen atoms in total. The summed E-state index contributed by atoms with van der Waals surface area (Å²) in [5.41, 5.74) is 2.43. The van der Waals surface area contributed by atoms with Gasteiger partial charge < -0.3 is 4.74 Å². The Morgan fingerprint density at radius 3 is 2.61 bits per heavy atom. The smallest absolute Gasteiger partial charge is 0.153 e. The Labute approximate surface area is 106 Å². The minimum Gasteiger partial charge on any atom is -0.497 e. The molecule has 0 aliphatic heterocycles. The van der Waals surface area contributed by atoms with Crippen LogP contribution >= 0.6 is 0 Å². The maximum Gasteiger partial charge on any atom is 0.153 e. The highest BCUT2D eigenvalue weighted by Crippen LogP contribution is 2.16. The van der Waals surface area contributed by atoms with Crippen molar-refractivity contribution in [2.24, 2.45) is 0 Å². The first-order valence-electron chi connectivity index (χ1n) is 5.96. The number of ether oxygens (including phenoxy) is 1. The third-order valence-electron chi connectivity index (χ3n) is 2.77. The van der Waals surface area contributed by atoms with Crippen molar-refractivity contribution in [3.63, 3.8) is 0 Å². The molecule has 94 valence electrons. The van der Waals surface area contributed by atoms with Gasteiger partial charge in [0.2, 0.25) is 0 Å². The summed E-state index contributed by atoms with van der Waals surface area (Å²) in [6.07, 6.45) is 4.41. The first-order valence-corrected chi connectivity index (χ1v) is 5.96. The average Bonchev–Trinajstić information content (AvgIpc) is 2.82. The average molecular weight is 244 g/mol. The summed E-state index contributed by atoms with van der Waals surface area (Å²) in [6.45, 7) is 2.07. The van der Waals surface area contributed by atoms with Crippen LogP contribution in [-0.4, -0.2) is 23.2 Å². The predicted octanol–water partition coefficient (Wildman–Crippen LogP) is 2.65. The molecule has 0 radical (unpaired) electrons. The lowest BCUT2D eigenvalue weighted by molar-refractivity contribution is 0.112. The summed E-state index contributed by atoms with van der Waals surface area (Å²) in [5.74, 6) is 0.801. The normalized spacial score (nSPS) is 10.3. The van der Waals surface area contributed by atoms with Gasteiger partial charge in [-0.05, 0) is 30.7 Å². The second-order valence-corrected chi connectivity index (χ2v) is 4.04. The van der Waals surface area contributed by atoms with E-state index in [-0.39, 0.29) is 0 Å². The number of aromatic nitrogens is 2. The second kappa shape index (κ2) is 5.49. The summed E-state index contributed by atoms with van der Waals surface area (Å²) in [6, 6.07) is 7.57. The summed E-state index contributed by atoms with van der Waals surface area (Å²) in [5, 5.41) is 4.44. The van der Waals surface area contributed by atoms with Crippen molar-refractivity contribution >= 4 is 6.29 Å². The number of benzene rings is 1. The Bertz CT molecular complexity index is 529. The zero-order valence-corrected chi connectivity index (χ0v) is 10.6. The molecule has 0 spiro atoms. The third-order valence-corrected chi connectivity index (χ3v) is 2.77. The molecule has 4 heteroatoms. The van der Waals surface area contributed by atoms with Gasteiger partial charge in [-0.25, -0.2) is 4.68 Å². The maximum absolute atomic E-state index is 11.0. The number of hydrogen-bond acceptors (Lipinski definition) is 3. The standard InChI is InChI=1S/C14H16N2O2/c1-3-4-14-11(10-17)9-16(15-14)12-5-7-13(18-2)8-6-12/h5-10H,3-4H2,1-2H3. The van der Waals surface area contributed by atoms with Crippen molar-refractivity contribution in [3.8, 4) is 11.4 Å². The van der Waals surface area contributed by atoms with Gasteiger partial charge in [0, 0.05) is 6.20 Å². The number of aldehydes is 1. The van der Waals surface area contributed by atoms with Gasteiger partial charge in [0.05, 0.1) is 24.1 Å². The molecule has 0 saturated heterocycles. The topological polar surface area (TPSA) is 44.1 Å². The van der Waals surface area contributed by atoms with Crippen molar-refractivity contribution in [1.29, 1.82) is 0 Å². The van der Waals surface area contributed by atoms with Crippen LogP contribution in [0.15, 0.2) is 30.5 Å². The van der Waals surface area contributed by atoms with Gasteiger partial charge in [0.25, 0.3) is 0 Å². The van der Waals surface area contributed by atoms with Crippen LogP contribution in [0.3, 0.4) is 0 Å². The molecule has 2 aromatic rings. The molecule has 0 bridgehead atoms. The van der Waals surface area contributed by atoms with Crippen LogP contribution in [-0.2, 0) is 6.42 Å². The molecular weight excluding hydrogens is 228 g/mol. The molecular formula is C14H16N2O2. The van der Waals surface area contributed by atoms with E-state index in [1.165, 1.54) is 0 Å². The molecule has 1 aromatic carbocycles. The van der Waals surface area contributed by atoms with E-state index in [1.54, 1.807) is 18.0 Å². The van der Waals surface area contributed by atoms with E-state index in [2.05, 4.69) is 12.0 Å². The van der Waals surface area contributed by atoms with E-state index in [0.29, 0.717) is 5.56 Å². The van der Waals surface area contributed by atoms with Crippen molar-refractivity contribution in [2.75, 3.05) is 7.11 Å². The number of methoxy groups -OCH3 is 1. The fraction of sp³-hybridized carbons (Fsp3) is 0.286. The summed E-state index contributed by atoms with van der Waals surface area (Å²) in [7, 11) is 1.63. The lowest BCUT2D eigenvalue weighted by Crippen LogP contribution is -1.96. The zero-order chi connectivity index (χ0) is 13.0. The molecule has 0 N–H and O–H groups in total. The first kappa shape index (κ1) is 12.4. The molecule has 0 fully saturated rings. The number of carbonyl (C=O) groups excluding carboxylic acids is 1. The SMILES string of the molecule is CCCc1nn(-c2ccc(OC)cc2)cc1C=O. The number of hydrogen-bond donors (Lipinski definition) is 0. The van der Waals surface area contributed by atoms with Gasteiger partial charge in [-0.2, -0.15) is 5.10 Å². The molecule has 1 aromatic heterocycles. The largest absolute Gasteiger partial charge is 0.497 e. The minimum absolute atomic E-state index is 0.660. The highest BCUT2D eigenvalue weighted by molar-refractivity contribution is 5.76. The Morgan fingerprint density at radius 1 is 1.33 bits per heavy atom. The van der Waals surface area contributed by atoms with Crippen LogP contribution in [0, 0.1) is 0 Å². The number of nitrogens with zero attached hydrogens (tertiary/aromatic N) is 2. The van der Waals surface area contributed by atoms with E-state index >= 15 is 0 Å². The van der Waals surface area contributed by atoms with Crippen LogP contribution in [0.5, 0.6) is 5.75 Å². The van der Waals surface area contributed by atoms with Gasteiger partial charge in [0.1, 0.15) is 5.75 Å². The fourth-order valence-corrected chi connectivity index (χ4v) is 1.82. The van der Waals surface area contributed by atoms with Crippen molar-refractivity contribution in [2.45, 2.75) is 19.8 Å². The van der Waals surface area contributed by atoms with E-state index in [9.17, 15) is 4.79 Å². The zero-order valence-electron chi connectivity index (χ0n) is 10.6. The Balaban J connectivity index is 2.34.